The Morgan fingerprint density at radius 1 is 1.20 bits per heavy atom. The molecule has 0 bridgehead atoms. The van der Waals surface area contributed by atoms with Gasteiger partial charge in [0, 0.05) is 36.7 Å². The van der Waals surface area contributed by atoms with Gasteiger partial charge in [-0.05, 0) is 30.5 Å². The lowest BCUT2D eigenvalue weighted by atomic mass is 9.95. The first-order valence-electron chi connectivity index (χ1n) is 9.92. The van der Waals surface area contributed by atoms with Crippen LogP contribution in [0.3, 0.4) is 0 Å². The van der Waals surface area contributed by atoms with Crippen molar-refractivity contribution in [1.82, 2.24) is 10.3 Å². The number of amides is 1. The summed E-state index contributed by atoms with van der Waals surface area (Å²) < 4.78 is 34.4. The molecular formula is C20H21N3O6S. The van der Waals surface area contributed by atoms with E-state index < -0.39 is 15.9 Å². The van der Waals surface area contributed by atoms with Crippen LogP contribution in [0.2, 0.25) is 0 Å². The molecule has 0 saturated carbocycles. The van der Waals surface area contributed by atoms with Gasteiger partial charge in [-0.1, -0.05) is 0 Å². The number of carbonyl (C=O) groups is 2. The minimum Gasteiger partial charge on any atom is -0.454 e. The van der Waals surface area contributed by atoms with Crippen molar-refractivity contribution in [2.24, 2.45) is 5.10 Å². The van der Waals surface area contributed by atoms with Gasteiger partial charge in [-0.3, -0.25) is 9.59 Å². The Morgan fingerprint density at radius 3 is 2.77 bits per heavy atom. The third-order valence-electron chi connectivity index (χ3n) is 5.77. The first kappa shape index (κ1) is 19.1. The second kappa shape index (κ2) is 7.12. The first-order valence-corrected chi connectivity index (χ1v) is 11.7. The van der Waals surface area contributed by atoms with Crippen LogP contribution < -0.4 is 14.8 Å². The molecule has 1 N–H and O–H groups in total. The SMILES string of the molecule is O=C(/C=C1/NCCc2cc3c(cc21)OCO3)C1=NN([C@H]2CCS(=O)(=O)C2)C(=O)CC1. The number of nitrogens with zero attached hydrogens (tertiary/aromatic N) is 2. The highest BCUT2D eigenvalue weighted by Gasteiger charge is 2.37. The number of hydrazone groups is 1. The van der Waals surface area contributed by atoms with Gasteiger partial charge >= 0.3 is 0 Å². The Bertz CT molecular complexity index is 1110. The van der Waals surface area contributed by atoms with Gasteiger partial charge in [-0.25, -0.2) is 13.4 Å². The van der Waals surface area contributed by atoms with Crippen LogP contribution in [0.1, 0.15) is 30.4 Å². The fourth-order valence-corrected chi connectivity index (χ4v) is 5.91. The second-order valence-electron chi connectivity index (χ2n) is 7.80. The molecule has 1 atom stereocenters. The van der Waals surface area contributed by atoms with E-state index in [0.29, 0.717) is 30.2 Å². The van der Waals surface area contributed by atoms with E-state index >= 15 is 0 Å². The molecule has 30 heavy (non-hydrogen) atoms. The van der Waals surface area contributed by atoms with Crippen LogP contribution in [-0.4, -0.2) is 61.7 Å². The molecule has 1 amide bonds. The van der Waals surface area contributed by atoms with E-state index in [4.69, 9.17) is 9.47 Å². The highest BCUT2D eigenvalue weighted by Crippen LogP contribution is 2.38. The predicted molar refractivity (Wildman–Crippen MR) is 108 cm³/mol. The Balaban J connectivity index is 1.42. The standard InChI is InChI=1S/C20H21N3O6S/c24-17(15-1-2-20(25)23(22-15)13-4-6-30(26,27)10-13)9-16-14-8-19-18(28-11-29-19)7-12(14)3-5-21-16/h7-9,13,21H,1-6,10-11H2/b16-9+/t13-/m0/s1. The van der Waals surface area contributed by atoms with E-state index in [1.807, 2.05) is 12.1 Å². The number of hydrogen-bond donors (Lipinski definition) is 1. The van der Waals surface area contributed by atoms with Crippen molar-refractivity contribution in [2.45, 2.75) is 31.7 Å². The van der Waals surface area contributed by atoms with E-state index in [1.165, 1.54) is 11.1 Å². The number of allylic oxidation sites excluding steroid dienone is 1. The van der Waals surface area contributed by atoms with Crippen LogP contribution in [0, 0.1) is 0 Å². The molecule has 1 aromatic rings. The van der Waals surface area contributed by atoms with Gasteiger partial charge in [-0.2, -0.15) is 5.10 Å². The lowest BCUT2D eigenvalue weighted by Crippen LogP contribution is -2.41. The maximum atomic E-state index is 12.9. The number of ether oxygens (including phenoxy) is 2. The summed E-state index contributed by atoms with van der Waals surface area (Å²) in [5.74, 6) is 0.758. The highest BCUT2D eigenvalue weighted by atomic mass is 32.2. The molecule has 4 aliphatic heterocycles. The summed E-state index contributed by atoms with van der Waals surface area (Å²) in [5, 5.41) is 8.72. The van der Waals surface area contributed by atoms with Crippen molar-refractivity contribution in [3.63, 3.8) is 0 Å². The van der Waals surface area contributed by atoms with E-state index in [1.54, 1.807) is 0 Å². The zero-order valence-electron chi connectivity index (χ0n) is 16.2. The van der Waals surface area contributed by atoms with E-state index in [-0.39, 0.29) is 48.5 Å². The smallest absolute Gasteiger partial charge is 0.243 e. The maximum Gasteiger partial charge on any atom is 0.243 e. The predicted octanol–water partition coefficient (Wildman–Crippen LogP) is 0.637. The molecule has 4 heterocycles. The number of nitrogens with one attached hydrogen (secondary N) is 1. The molecule has 9 nitrogen and oxygen atoms in total. The minimum atomic E-state index is -3.16. The number of hydrogen-bond acceptors (Lipinski definition) is 8. The Morgan fingerprint density at radius 2 is 2.00 bits per heavy atom. The molecule has 0 unspecified atom stereocenters. The zero-order valence-corrected chi connectivity index (χ0v) is 17.0. The number of rotatable bonds is 3. The fraction of sp³-hybridized carbons (Fsp3) is 0.450. The van der Waals surface area contributed by atoms with Gasteiger partial charge in [0.2, 0.25) is 18.5 Å². The molecule has 4 aliphatic rings. The Labute approximate surface area is 173 Å². The summed E-state index contributed by atoms with van der Waals surface area (Å²) in [6, 6.07) is 3.31. The summed E-state index contributed by atoms with van der Waals surface area (Å²) in [6.45, 7) is 0.865. The van der Waals surface area contributed by atoms with Crippen LogP contribution in [0.5, 0.6) is 11.5 Å². The topological polar surface area (TPSA) is 114 Å². The van der Waals surface area contributed by atoms with Gasteiger partial charge in [0.05, 0.1) is 17.5 Å². The molecule has 1 saturated heterocycles. The van der Waals surface area contributed by atoms with Crippen molar-refractivity contribution in [3.8, 4) is 11.5 Å². The van der Waals surface area contributed by atoms with Crippen LogP contribution >= 0.6 is 0 Å². The minimum absolute atomic E-state index is 0.0428. The van der Waals surface area contributed by atoms with Gasteiger partial charge < -0.3 is 14.8 Å². The number of sulfone groups is 1. The fourth-order valence-electron chi connectivity index (χ4n) is 4.21. The first-order chi connectivity index (χ1) is 14.4. The third-order valence-corrected chi connectivity index (χ3v) is 7.52. The monoisotopic (exact) mass is 431 g/mol. The summed E-state index contributed by atoms with van der Waals surface area (Å²) in [4.78, 5) is 25.2. The maximum absolute atomic E-state index is 12.9. The zero-order chi connectivity index (χ0) is 20.9. The number of ketones is 1. The normalized spacial score (nSPS) is 25.7. The van der Waals surface area contributed by atoms with Crippen LogP contribution in [0.25, 0.3) is 5.70 Å². The van der Waals surface area contributed by atoms with Gasteiger partial charge in [0.1, 0.15) is 5.71 Å². The summed E-state index contributed by atoms with van der Waals surface area (Å²) >= 11 is 0. The summed E-state index contributed by atoms with van der Waals surface area (Å²) in [7, 11) is -3.16. The third kappa shape index (κ3) is 3.45. The van der Waals surface area contributed by atoms with E-state index in [9.17, 15) is 18.0 Å². The van der Waals surface area contributed by atoms with Crippen LogP contribution in [-0.2, 0) is 25.8 Å². The van der Waals surface area contributed by atoms with Crippen LogP contribution in [0.15, 0.2) is 23.3 Å². The molecule has 10 heteroatoms. The van der Waals surface area contributed by atoms with Crippen molar-refractivity contribution >= 4 is 32.9 Å². The summed E-state index contributed by atoms with van der Waals surface area (Å²) in [6.07, 6.45) is 3.04. The van der Waals surface area contributed by atoms with Crippen LogP contribution in [0.4, 0.5) is 0 Å². The Kier molecular flexibility index (Phi) is 4.53. The average Bonchev–Trinajstić information content (AvgIpc) is 3.32. The highest BCUT2D eigenvalue weighted by molar-refractivity contribution is 7.91. The molecule has 1 fully saturated rings. The Hall–Kier alpha value is -2.88. The quantitative estimate of drug-likeness (QED) is 0.699. The molecule has 5 rings (SSSR count). The van der Waals surface area contributed by atoms with Gasteiger partial charge in [0.25, 0.3) is 0 Å². The molecule has 0 spiro atoms. The summed E-state index contributed by atoms with van der Waals surface area (Å²) in [5.41, 5.74) is 2.89. The van der Waals surface area contributed by atoms with Gasteiger partial charge in [0.15, 0.2) is 21.3 Å². The molecule has 0 aliphatic carbocycles. The van der Waals surface area contributed by atoms with Crippen molar-refractivity contribution in [3.05, 3.63) is 29.3 Å². The molecule has 0 aromatic heterocycles. The lowest BCUT2D eigenvalue weighted by Gasteiger charge is -2.27. The van der Waals surface area contributed by atoms with E-state index in [0.717, 1.165) is 17.5 Å². The average molecular weight is 431 g/mol. The molecule has 0 radical (unpaired) electrons. The number of carbonyl (C=O) groups excluding carboxylic acids is 2. The van der Waals surface area contributed by atoms with Crippen molar-refractivity contribution in [1.29, 1.82) is 0 Å². The molecular weight excluding hydrogens is 410 g/mol. The molecule has 158 valence electrons. The van der Waals surface area contributed by atoms with Gasteiger partial charge in [-0.15, -0.1) is 0 Å². The second-order valence-corrected chi connectivity index (χ2v) is 10.0. The van der Waals surface area contributed by atoms with E-state index in [2.05, 4.69) is 10.4 Å². The number of fused-ring (bicyclic) bond motifs is 2. The largest absolute Gasteiger partial charge is 0.454 e. The van der Waals surface area contributed by atoms with Crippen molar-refractivity contribution < 1.29 is 27.5 Å². The molecule has 1 aromatic carbocycles. The van der Waals surface area contributed by atoms with Crippen molar-refractivity contribution in [2.75, 3.05) is 24.8 Å². The number of benzene rings is 1. The lowest BCUT2D eigenvalue weighted by molar-refractivity contribution is -0.133.